The van der Waals surface area contributed by atoms with Crippen LogP contribution in [0.3, 0.4) is 0 Å². The van der Waals surface area contributed by atoms with Gasteiger partial charge in [0.25, 0.3) is 0 Å². The maximum absolute atomic E-state index is 12.0. The number of aromatic carboxylic acids is 5. The summed E-state index contributed by atoms with van der Waals surface area (Å²) in [5.74, 6) is -5.32. The molecule has 0 amide bonds. The highest BCUT2D eigenvalue weighted by Crippen LogP contribution is 2.35. The average molecular weight is 607 g/mol. The minimum absolute atomic E-state index is 0.00713. The van der Waals surface area contributed by atoms with Crippen molar-refractivity contribution in [2.24, 2.45) is 0 Å². The quantitative estimate of drug-likeness (QED) is 0.131. The lowest BCUT2D eigenvalue weighted by atomic mass is 9.88. The van der Waals surface area contributed by atoms with Crippen molar-refractivity contribution in [3.05, 3.63) is 155 Å². The highest BCUT2D eigenvalue weighted by molar-refractivity contribution is 6.09. The fourth-order valence-corrected chi connectivity index (χ4v) is 4.10. The largest absolute Gasteiger partial charge is 0.478 e. The second-order valence-electron chi connectivity index (χ2n) is 9.11. The molecule has 5 aromatic carbocycles. The molecule has 0 fully saturated rings. The lowest BCUT2D eigenvalue weighted by Crippen LogP contribution is -2.09. The molecule has 10 heteroatoms. The Labute approximate surface area is 256 Å². The first-order valence-electron chi connectivity index (χ1n) is 13.1. The van der Waals surface area contributed by atoms with Crippen LogP contribution in [0.25, 0.3) is 22.3 Å². The zero-order chi connectivity index (χ0) is 32.9. The Balaban J connectivity index is 0.000000218. The lowest BCUT2D eigenvalue weighted by Gasteiger charge is -2.15. The molecular formula is C35H26O10. The van der Waals surface area contributed by atoms with E-state index in [0.29, 0.717) is 16.7 Å². The normalized spacial score (nSPS) is 9.78. The molecule has 0 heterocycles. The van der Waals surface area contributed by atoms with Gasteiger partial charge in [0.2, 0.25) is 0 Å². The van der Waals surface area contributed by atoms with E-state index >= 15 is 0 Å². The minimum Gasteiger partial charge on any atom is -0.478 e. The van der Waals surface area contributed by atoms with E-state index in [1.165, 1.54) is 30.3 Å². The van der Waals surface area contributed by atoms with Crippen LogP contribution in [0.1, 0.15) is 51.8 Å². The van der Waals surface area contributed by atoms with E-state index in [9.17, 15) is 34.2 Å². The number of hydrogen-bond acceptors (Lipinski definition) is 5. The molecule has 0 atom stereocenters. The minimum atomic E-state index is -1.16. The van der Waals surface area contributed by atoms with Crippen molar-refractivity contribution >= 4 is 29.8 Å². The lowest BCUT2D eigenvalue weighted by molar-refractivity contribution is 0.0681. The van der Waals surface area contributed by atoms with Gasteiger partial charge in [0.05, 0.1) is 27.8 Å². The summed E-state index contributed by atoms with van der Waals surface area (Å²) in [5, 5.41) is 44.6. The van der Waals surface area contributed by atoms with Crippen LogP contribution in [-0.4, -0.2) is 55.4 Å². The molecule has 10 nitrogen and oxygen atoms in total. The molecule has 0 spiro atoms. The summed E-state index contributed by atoms with van der Waals surface area (Å²) >= 11 is 0. The predicted molar refractivity (Wildman–Crippen MR) is 165 cm³/mol. The van der Waals surface area contributed by atoms with Crippen LogP contribution in [0.15, 0.2) is 127 Å². The van der Waals surface area contributed by atoms with Crippen molar-refractivity contribution in [1.82, 2.24) is 0 Å². The van der Waals surface area contributed by atoms with Gasteiger partial charge in [0, 0.05) is 5.56 Å². The molecule has 0 aliphatic carbocycles. The second-order valence-corrected chi connectivity index (χ2v) is 9.11. The highest BCUT2D eigenvalue weighted by Gasteiger charge is 2.24. The van der Waals surface area contributed by atoms with E-state index in [1.54, 1.807) is 78.9 Å². The van der Waals surface area contributed by atoms with Gasteiger partial charge in [-0.2, -0.15) is 0 Å². The standard InChI is InChI=1S/C20H14O4.C8H6O4.C7H6O2/c21-19(22)16-12-11-15(13-7-3-1-4-8-13)18(20(23)24)17(16)14-9-5-2-6-10-14;9-7(10)5-1-2-6(4-3-5)8(11)12;8-7(9)6-4-2-1-3-5-6/h1-12H,(H,21,22)(H,23,24);1-4H,(H,9,10)(H,11,12);1-5H,(H,8,9). The zero-order valence-electron chi connectivity index (χ0n) is 23.4. The Hall–Kier alpha value is -6.55. The molecule has 0 aromatic heterocycles. The summed E-state index contributed by atoms with van der Waals surface area (Å²) in [6, 6.07) is 34.1. The van der Waals surface area contributed by atoms with Gasteiger partial charge in [0.1, 0.15) is 0 Å². The van der Waals surface area contributed by atoms with Gasteiger partial charge < -0.3 is 25.5 Å². The van der Waals surface area contributed by atoms with Crippen molar-refractivity contribution in [2.45, 2.75) is 0 Å². The van der Waals surface area contributed by atoms with Crippen molar-refractivity contribution in [2.75, 3.05) is 0 Å². The van der Waals surface area contributed by atoms with Gasteiger partial charge in [0.15, 0.2) is 0 Å². The molecule has 5 N–H and O–H groups in total. The van der Waals surface area contributed by atoms with E-state index in [-0.39, 0.29) is 27.8 Å². The SMILES string of the molecule is O=C(O)c1ccc(-c2ccccc2)c(C(=O)O)c1-c1ccccc1.O=C(O)c1ccc(C(=O)O)cc1.O=C(O)c1ccccc1. The summed E-state index contributed by atoms with van der Waals surface area (Å²) in [5.41, 5.74) is 2.46. The van der Waals surface area contributed by atoms with E-state index in [4.69, 9.17) is 15.3 Å². The van der Waals surface area contributed by atoms with E-state index in [1.807, 2.05) is 18.2 Å². The molecule has 0 bridgehead atoms. The number of benzene rings is 5. The van der Waals surface area contributed by atoms with E-state index in [0.717, 1.165) is 5.56 Å². The van der Waals surface area contributed by atoms with E-state index in [2.05, 4.69) is 0 Å². The second kappa shape index (κ2) is 15.6. The average Bonchev–Trinajstić information content (AvgIpc) is 3.05. The summed E-state index contributed by atoms with van der Waals surface area (Å²) < 4.78 is 0. The monoisotopic (exact) mass is 606 g/mol. The molecule has 5 aromatic rings. The summed E-state index contributed by atoms with van der Waals surface area (Å²) in [6.45, 7) is 0. The predicted octanol–water partition coefficient (Wildman–Crippen LogP) is 6.88. The summed E-state index contributed by atoms with van der Waals surface area (Å²) in [7, 11) is 0. The molecule has 226 valence electrons. The summed E-state index contributed by atoms with van der Waals surface area (Å²) in [4.78, 5) is 54.5. The summed E-state index contributed by atoms with van der Waals surface area (Å²) in [6.07, 6.45) is 0. The molecule has 0 saturated carbocycles. The van der Waals surface area contributed by atoms with Crippen molar-refractivity contribution < 1.29 is 49.5 Å². The number of carboxylic acids is 5. The fourth-order valence-electron chi connectivity index (χ4n) is 4.10. The van der Waals surface area contributed by atoms with Crippen molar-refractivity contribution in [3.63, 3.8) is 0 Å². The number of hydrogen-bond donors (Lipinski definition) is 5. The Kier molecular flexibility index (Phi) is 11.4. The number of carboxylic acid groups (broad SMARTS) is 5. The number of rotatable bonds is 7. The third kappa shape index (κ3) is 8.97. The maximum Gasteiger partial charge on any atom is 0.336 e. The van der Waals surface area contributed by atoms with Crippen LogP contribution < -0.4 is 0 Å². The fraction of sp³-hybridized carbons (Fsp3) is 0. The van der Waals surface area contributed by atoms with Crippen molar-refractivity contribution in [1.29, 1.82) is 0 Å². The van der Waals surface area contributed by atoms with Crippen LogP contribution >= 0.6 is 0 Å². The topological polar surface area (TPSA) is 186 Å². The van der Waals surface area contributed by atoms with Gasteiger partial charge in [-0.15, -0.1) is 0 Å². The first-order chi connectivity index (χ1) is 21.5. The maximum atomic E-state index is 12.0. The third-order valence-corrected chi connectivity index (χ3v) is 6.20. The van der Waals surface area contributed by atoms with Crippen LogP contribution in [0.5, 0.6) is 0 Å². The molecule has 0 unspecified atom stereocenters. The van der Waals surface area contributed by atoms with Crippen LogP contribution in [0.4, 0.5) is 0 Å². The third-order valence-electron chi connectivity index (χ3n) is 6.20. The van der Waals surface area contributed by atoms with Gasteiger partial charge in [-0.3, -0.25) is 0 Å². The molecule has 45 heavy (non-hydrogen) atoms. The van der Waals surface area contributed by atoms with Gasteiger partial charge in [-0.1, -0.05) is 84.9 Å². The molecule has 0 aliphatic heterocycles. The molecular weight excluding hydrogens is 580 g/mol. The van der Waals surface area contributed by atoms with Crippen LogP contribution in [0.2, 0.25) is 0 Å². The van der Waals surface area contributed by atoms with Gasteiger partial charge in [-0.25, -0.2) is 24.0 Å². The highest BCUT2D eigenvalue weighted by atomic mass is 16.4. The molecule has 0 saturated heterocycles. The molecule has 5 rings (SSSR count). The van der Waals surface area contributed by atoms with E-state index < -0.39 is 29.8 Å². The van der Waals surface area contributed by atoms with Crippen molar-refractivity contribution in [3.8, 4) is 22.3 Å². The first kappa shape index (κ1) is 33.0. The first-order valence-corrected chi connectivity index (χ1v) is 13.1. The number of carbonyl (C=O) groups is 5. The Morgan fingerprint density at radius 1 is 0.356 bits per heavy atom. The molecule has 0 radical (unpaired) electrons. The smallest absolute Gasteiger partial charge is 0.336 e. The van der Waals surface area contributed by atoms with Crippen LogP contribution in [0, 0.1) is 0 Å². The Bertz CT molecular complexity index is 1770. The molecule has 0 aliphatic rings. The zero-order valence-corrected chi connectivity index (χ0v) is 23.4. The van der Waals surface area contributed by atoms with Gasteiger partial charge in [-0.05, 0) is 59.2 Å². The Morgan fingerprint density at radius 2 is 0.733 bits per heavy atom. The van der Waals surface area contributed by atoms with Gasteiger partial charge >= 0.3 is 29.8 Å². The Morgan fingerprint density at radius 3 is 1.09 bits per heavy atom. The van der Waals surface area contributed by atoms with Crippen LogP contribution in [-0.2, 0) is 0 Å².